The van der Waals surface area contributed by atoms with E-state index in [9.17, 15) is 0 Å². The molecule has 5 nitrogen and oxygen atoms in total. The number of nitrogens with zero attached hydrogens (tertiary/aromatic N) is 1. The second-order valence-corrected chi connectivity index (χ2v) is 6.11. The first-order chi connectivity index (χ1) is 11.2. The number of benzene rings is 1. The Morgan fingerprint density at radius 2 is 2.00 bits per heavy atom. The highest BCUT2D eigenvalue weighted by Crippen LogP contribution is 2.19. The monoisotopic (exact) mass is 337 g/mol. The zero-order valence-electron chi connectivity index (χ0n) is 14.1. The van der Waals surface area contributed by atoms with E-state index in [1.54, 1.807) is 7.11 Å². The number of aryl methyl sites for hydroxylation is 1. The lowest BCUT2D eigenvalue weighted by molar-refractivity contribution is 0.0389. The lowest BCUT2D eigenvalue weighted by Crippen LogP contribution is -2.43. The molecule has 1 fully saturated rings. The van der Waals surface area contributed by atoms with Gasteiger partial charge in [-0.2, -0.15) is 0 Å². The quantitative estimate of drug-likeness (QED) is 0.732. The van der Waals surface area contributed by atoms with E-state index in [-0.39, 0.29) is 0 Å². The minimum atomic E-state index is 0.713. The van der Waals surface area contributed by atoms with Crippen LogP contribution in [0.15, 0.2) is 18.2 Å². The SMILES string of the molecule is COc1ccc(C)cc1CCNC(=S)NCCN1CCOCC1. The molecule has 1 heterocycles. The van der Waals surface area contributed by atoms with Crippen LogP contribution in [0.2, 0.25) is 0 Å². The number of methoxy groups -OCH3 is 1. The highest BCUT2D eigenvalue weighted by Gasteiger charge is 2.09. The Bertz CT molecular complexity index is 505. The molecule has 0 aliphatic carbocycles. The molecule has 6 heteroatoms. The fraction of sp³-hybridized carbons (Fsp3) is 0.588. The van der Waals surface area contributed by atoms with Crippen LogP contribution in [0.1, 0.15) is 11.1 Å². The second kappa shape index (κ2) is 9.70. The van der Waals surface area contributed by atoms with Gasteiger partial charge in [0.1, 0.15) is 5.75 Å². The molecule has 0 saturated carbocycles. The number of nitrogens with one attached hydrogen (secondary N) is 2. The molecule has 2 N–H and O–H groups in total. The van der Waals surface area contributed by atoms with Crippen molar-refractivity contribution in [2.75, 3.05) is 53.0 Å². The zero-order chi connectivity index (χ0) is 16.5. The first-order valence-electron chi connectivity index (χ1n) is 8.14. The zero-order valence-corrected chi connectivity index (χ0v) is 14.9. The number of ether oxygens (including phenoxy) is 2. The summed E-state index contributed by atoms with van der Waals surface area (Å²) < 4.78 is 10.7. The van der Waals surface area contributed by atoms with Gasteiger partial charge in [0.2, 0.25) is 0 Å². The molecule has 0 bridgehead atoms. The summed E-state index contributed by atoms with van der Waals surface area (Å²) in [7, 11) is 1.71. The molecule has 0 atom stereocenters. The van der Waals surface area contributed by atoms with E-state index in [0.29, 0.717) is 5.11 Å². The van der Waals surface area contributed by atoms with Gasteiger partial charge >= 0.3 is 0 Å². The maximum atomic E-state index is 5.40. The number of thiocarbonyl (C=S) groups is 1. The highest BCUT2D eigenvalue weighted by atomic mass is 32.1. The lowest BCUT2D eigenvalue weighted by Gasteiger charge is -2.26. The van der Waals surface area contributed by atoms with Crippen molar-refractivity contribution in [1.82, 2.24) is 15.5 Å². The van der Waals surface area contributed by atoms with Crippen LogP contribution in [0, 0.1) is 6.92 Å². The molecule has 1 aromatic rings. The van der Waals surface area contributed by atoms with Crippen molar-refractivity contribution >= 4 is 17.3 Å². The molecular weight excluding hydrogens is 310 g/mol. The van der Waals surface area contributed by atoms with Gasteiger partial charge in [0.15, 0.2) is 5.11 Å². The minimum Gasteiger partial charge on any atom is -0.496 e. The lowest BCUT2D eigenvalue weighted by atomic mass is 10.1. The van der Waals surface area contributed by atoms with Crippen molar-refractivity contribution in [3.8, 4) is 5.75 Å². The van der Waals surface area contributed by atoms with Crippen molar-refractivity contribution in [1.29, 1.82) is 0 Å². The van der Waals surface area contributed by atoms with Crippen LogP contribution in [-0.2, 0) is 11.2 Å². The van der Waals surface area contributed by atoms with E-state index < -0.39 is 0 Å². The molecule has 1 aliphatic rings. The Morgan fingerprint density at radius 1 is 1.26 bits per heavy atom. The number of hydrogen-bond acceptors (Lipinski definition) is 4. The van der Waals surface area contributed by atoms with Crippen molar-refractivity contribution in [3.05, 3.63) is 29.3 Å². The van der Waals surface area contributed by atoms with Gasteiger partial charge in [-0.1, -0.05) is 17.7 Å². The Hall–Kier alpha value is -1.37. The van der Waals surface area contributed by atoms with Gasteiger partial charge in [0, 0.05) is 32.7 Å². The van der Waals surface area contributed by atoms with E-state index >= 15 is 0 Å². The molecule has 0 radical (unpaired) electrons. The summed E-state index contributed by atoms with van der Waals surface area (Å²) in [6, 6.07) is 6.24. The van der Waals surface area contributed by atoms with Gasteiger partial charge in [-0.05, 0) is 37.2 Å². The molecule has 0 amide bonds. The summed E-state index contributed by atoms with van der Waals surface area (Å²) in [5.74, 6) is 0.934. The molecule has 128 valence electrons. The number of rotatable bonds is 7. The molecule has 0 aromatic heterocycles. The fourth-order valence-electron chi connectivity index (χ4n) is 2.63. The summed E-state index contributed by atoms with van der Waals surface area (Å²) in [5.41, 5.74) is 2.45. The van der Waals surface area contributed by atoms with Crippen molar-refractivity contribution in [2.24, 2.45) is 0 Å². The normalized spacial score (nSPS) is 15.2. The van der Waals surface area contributed by atoms with Crippen molar-refractivity contribution in [3.63, 3.8) is 0 Å². The van der Waals surface area contributed by atoms with Crippen LogP contribution in [0.3, 0.4) is 0 Å². The first kappa shape index (κ1) is 18.0. The van der Waals surface area contributed by atoms with E-state index in [1.165, 1.54) is 11.1 Å². The molecule has 1 aliphatic heterocycles. The standard InChI is InChI=1S/C17H27N3O2S/c1-14-3-4-16(21-2)15(13-14)5-6-18-17(23)19-7-8-20-9-11-22-12-10-20/h3-4,13H,5-12H2,1-2H3,(H2,18,19,23). The molecule has 1 aromatic carbocycles. The maximum absolute atomic E-state index is 5.40. The topological polar surface area (TPSA) is 45.8 Å². The predicted molar refractivity (Wildman–Crippen MR) is 97.3 cm³/mol. The smallest absolute Gasteiger partial charge is 0.166 e. The summed E-state index contributed by atoms with van der Waals surface area (Å²) in [5, 5.41) is 7.24. The number of hydrogen-bond donors (Lipinski definition) is 2. The van der Waals surface area contributed by atoms with Crippen LogP contribution in [0.25, 0.3) is 0 Å². The Balaban J connectivity index is 1.63. The maximum Gasteiger partial charge on any atom is 0.166 e. The van der Waals surface area contributed by atoms with Gasteiger partial charge < -0.3 is 20.1 Å². The number of morpholine rings is 1. The van der Waals surface area contributed by atoms with E-state index in [4.69, 9.17) is 21.7 Å². The van der Waals surface area contributed by atoms with Crippen LogP contribution in [-0.4, -0.2) is 63.1 Å². The minimum absolute atomic E-state index is 0.713. The fourth-order valence-corrected chi connectivity index (χ4v) is 2.83. The largest absolute Gasteiger partial charge is 0.496 e. The second-order valence-electron chi connectivity index (χ2n) is 5.70. The molecule has 23 heavy (non-hydrogen) atoms. The van der Waals surface area contributed by atoms with Gasteiger partial charge in [0.05, 0.1) is 20.3 Å². The van der Waals surface area contributed by atoms with Gasteiger partial charge in [-0.25, -0.2) is 0 Å². The van der Waals surface area contributed by atoms with Crippen LogP contribution >= 0.6 is 12.2 Å². The highest BCUT2D eigenvalue weighted by molar-refractivity contribution is 7.80. The van der Waals surface area contributed by atoms with Crippen LogP contribution in [0.4, 0.5) is 0 Å². The van der Waals surface area contributed by atoms with E-state index in [0.717, 1.165) is 58.1 Å². The predicted octanol–water partition coefficient (Wildman–Crippen LogP) is 1.34. The average molecular weight is 337 g/mol. The van der Waals surface area contributed by atoms with Crippen LogP contribution in [0.5, 0.6) is 5.75 Å². The summed E-state index contributed by atoms with van der Waals surface area (Å²) >= 11 is 5.33. The third-order valence-corrected chi connectivity index (χ3v) is 4.22. The third-order valence-electron chi connectivity index (χ3n) is 3.93. The summed E-state index contributed by atoms with van der Waals surface area (Å²) in [6.45, 7) is 8.43. The van der Waals surface area contributed by atoms with E-state index in [1.807, 2.05) is 6.07 Å². The van der Waals surface area contributed by atoms with Crippen molar-refractivity contribution < 1.29 is 9.47 Å². The third kappa shape index (κ3) is 6.33. The van der Waals surface area contributed by atoms with Gasteiger partial charge in [0.25, 0.3) is 0 Å². The first-order valence-corrected chi connectivity index (χ1v) is 8.55. The molecule has 1 saturated heterocycles. The molecular formula is C17H27N3O2S. The van der Waals surface area contributed by atoms with Crippen LogP contribution < -0.4 is 15.4 Å². The Morgan fingerprint density at radius 3 is 2.74 bits per heavy atom. The van der Waals surface area contributed by atoms with E-state index in [2.05, 4.69) is 34.6 Å². The Labute approximate surface area is 144 Å². The van der Waals surface area contributed by atoms with Gasteiger partial charge in [-0.15, -0.1) is 0 Å². The van der Waals surface area contributed by atoms with Crippen molar-refractivity contribution in [2.45, 2.75) is 13.3 Å². The molecule has 0 spiro atoms. The average Bonchev–Trinajstić information content (AvgIpc) is 2.56. The van der Waals surface area contributed by atoms with Gasteiger partial charge in [-0.3, -0.25) is 4.90 Å². The molecule has 0 unspecified atom stereocenters. The Kier molecular flexibility index (Phi) is 7.58. The summed E-state index contributed by atoms with van der Waals surface area (Å²) in [6.07, 6.45) is 0.885. The molecule has 2 rings (SSSR count). The summed E-state index contributed by atoms with van der Waals surface area (Å²) in [4.78, 5) is 2.39.